The van der Waals surface area contributed by atoms with Gasteiger partial charge in [-0.3, -0.25) is 24.2 Å². The first kappa shape index (κ1) is 30.1. The Morgan fingerprint density at radius 2 is 1.80 bits per heavy atom. The van der Waals surface area contributed by atoms with Gasteiger partial charge >= 0.3 is 0 Å². The summed E-state index contributed by atoms with van der Waals surface area (Å²) in [6.45, 7) is 7.56. The molecule has 3 N–H and O–H groups in total. The van der Waals surface area contributed by atoms with Crippen LogP contribution in [0.1, 0.15) is 49.0 Å². The second-order valence-corrected chi connectivity index (χ2v) is 11.2. The summed E-state index contributed by atoms with van der Waals surface area (Å²) in [5, 5.41) is 10.4. The molecule has 0 radical (unpaired) electrons. The molecular weight excluding hydrogens is 547 g/mol. The van der Waals surface area contributed by atoms with Crippen molar-refractivity contribution in [1.29, 1.82) is 0 Å². The maximum absolute atomic E-state index is 15.2. The van der Waals surface area contributed by atoms with E-state index >= 15 is 4.39 Å². The van der Waals surface area contributed by atoms with E-state index in [2.05, 4.69) is 25.8 Å². The van der Waals surface area contributed by atoms with E-state index in [0.717, 1.165) is 23.2 Å². The lowest BCUT2D eigenvalue weighted by Gasteiger charge is -2.36. The molecule has 1 aliphatic rings. The Kier molecular flexibility index (Phi) is 9.66. The predicted molar refractivity (Wildman–Crippen MR) is 156 cm³/mol. The fourth-order valence-electron chi connectivity index (χ4n) is 4.65. The van der Waals surface area contributed by atoms with Crippen molar-refractivity contribution in [3.63, 3.8) is 0 Å². The molecule has 3 aromatic rings. The third-order valence-corrected chi connectivity index (χ3v) is 8.29. The maximum Gasteiger partial charge on any atom is 0.253 e. The number of halogens is 1. The average Bonchev–Trinajstić information content (AvgIpc) is 3.41. The zero-order chi connectivity index (χ0) is 29.7. The maximum atomic E-state index is 15.2. The lowest BCUT2D eigenvalue weighted by molar-refractivity contribution is -0.138. The average molecular weight is 583 g/mol. The fraction of sp³-hybridized carbons (Fsp3) is 0.414. The van der Waals surface area contributed by atoms with E-state index in [1.54, 1.807) is 48.7 Å². The molecule has 3 heterocycles. The Bertz CT molecular complexity index is 1440. The minimum atomic E-state index is -0.938. The Hall–Kier alpha value is -3.90. The SMILES string of the molecule is CCC(=O)N[C@@H](C(=O)N1CCN(C)CC1)[C@@H](C)c1ccc(NC(=O)[C@H](C)NC(=O)c2csc3cnccc23)c(F)c1. The molecule has 1 aromatic carbocycles. The van der Waals surface area contributed by atoms with Crippen LogP contribution >= 0.6 is 11.3 Å². The summed E-state index contributed by atoms with van der Waals surface area (Å²) in [4.78, 5) is 59.2. The fourth-order valence-corrected chi connectivity index (χ4v) is 5.55. The molecule has 218 valence electrons. The topological polar surface area (TPSA) is 124 Å². The molecular formula is C29H35FN6O4S. The van der Waals surface area contributed by atoms with Gasteiger partial charge in [0.2, 0.25) is 17.7 Å². The number of aromatic nitrogens is 1. The number of hydrogen-bond acceptors (Lipinski definition) is 7. The number of anilines is 1. The van der Waals surface area contributed by atoms with E-state index in [1.165, 1.54) is 30.4 Å². The van der Waals surface area contributed by atoms with Crippen molar-refractivity contribution in [1.82, 2.24) is 25.4 Å². The minimum absolute atomic E-state index is 0.0568. The van der Waals surface area contributed by atoms with Crippen molar-refractivity contribution >= 4 is 50.7 Å². The van der Waals surface area contributed by atoms with Gasteiger partial charge in [-0.05, 0) is 37.7 Å². The summed E-state index contributed by atoms with van der Waals surface area (Å²) in [5.74, 6) is -2.69. The highest BCUT2D eigenvalue weighted by Crippen LogP contribution is 2.27. The number of fused-ring (bicyclic) bond motifs is 1. The normalized spacial score (nSPS) is 16.1. The van der Waals surface area contributed by atoms with Gasteiger partial charge in [0.15, 0.2) is 0 Å². The number of pyridine rings is 1. The number of rotatable bonds is 9. The predicted octanol–water partition coefficient (Wildman–Crippen LogP) is 2.96. The van der Waals surface area contributed by atoms with E-state index in [9.17, 15) is 19.2 Å². The van der Waals surface area contributed by atoms with Crippen molar-refractivity contribution in [2.75, 3.05) is 38.5 Å². The summed E-state index contributed by atoms with van der Waals surface area (Å²) in [6.07, 6.45) is 3.48. The Labute approximate surface area is 242 Å². The molecule has 4 rings (SSSR count). The molecule has 3 atom stereocenters. The zero-order valence-electron chi connectivity index (χ0n) is 23.6. The van der Waals surface area contributed by atoms with Crippen LogP contribution in [-0.2, 0) is 14.4 Å². The van der Waals surface area contributed by atoms with E-state index < -0.39 is 35.6 Å². The lowest BCUT2D eigenvalue weighted by Crippen LogP contribution is -2.55. The molecule has 12 heteroatoms. The van der Waals surface area contributed by atoms with Crippen LogP contribution in [-0.4, -0.2) is 83.7 Å². The van der Waals surface area contributed by atoms with Gasteiger partial charge in [-0.2, -0.15) is 0 Å². The first-order valence-electron chi connectivity index (χ1n) is 13.6. The van der Waals surface area contributed by atoms with Crippen molar-refractivity contribution in [3.8, 4) is 0 Å². The number of likely N-dealkylation sites (N-methyl/N-ethyl adjacent to an activating group) is 1. The first-order chi connectivity index (χ1) is 19.6. The van der Waals surface area contributed by atoms with Gasteiger partial charge in [0, 0.05) is 61.7 Å². The number of carbonyl (C=O) groups is 4. The first-order valence-corrected chi connectivity index (χ1v) is 14.5. The molecule has 0 aliphatic carbocycles. The molecule has 1 fully saturated rings. The quantitative estimate of drug-likeness (QED) is 0.357. The largest absolute Gasteiger partial charge is 0.344 e. The Morgan fingerprint density at radius 1 is 1.07 bits per heavy atom. The van der Waals surface area contributed by atoms with E-state index in [0.29, 0.717) is 24.2 Å². The van der Waals surface area contributed by atoms with Gasteiger partial charge in [-0.25, -0.2) is 4.39 Å². The van der Waals surface area contributed by atoms with Crippen molar-refractivity contribution in [2.24, 2.45) is 0 Å². The molecule has 41 heavy (non-hydrogen) atoms. The smallest absolute Gasteiger partial charge is 0.253 e. The van der Waals surface area contributed by atoms with Gasteiger partial charge in [-0.1, -0.05) is 19.9 Å². The van der Waals surface area contributed by atoms with Gasteiger partial charge < -0.3 is 25.8 Å². The van der Waals surface area contributed by atoms with Crippen LogP contribution in [0.2, 0.25) is 0 Å². The third kappa shape index (κ3) is 7.06. The Morgan fingerprint density at radius 3 is 2.49 bits per heavy atom. The number of carbonyl (C=O) groups excluding carboxylic acids is 4. The number of piperazine rings is 1. The van der Waals surface area contributed by atoms with Crippen LogP contribution < -0.4 is 16.0 Å². The van der Waals surface area contributed by atoms with Crippen LogP contribution in [0.5, 0.6) is 0 Å². The van der Waals surface area contributed by atoms with E-state index in [-0.39, 0.29) is 23.9 Å². The highest BCUT2D eigenvalue weighted by molar-refractivity contribution is 7.17. The monoisotopic (exact) mass is 582 g/mol. The summed E-state index contributed by atoms with van der Waals surface area (Å²) in [7, 11) is 1.99. The number of nitrogens with zero attached hydrogens (tertiary/aromatic N) is 3. The Balaban J connectivity index is 1.43. The van der Waals surface area contributed by atoms with Gasteiger partial charge in [0.1, 0.15) is 17.9 Å². The van der Waals surface area contributed by atoms with Crippen molar-refractivity contribution in [3.05, 3.63) is 59.0 Å². The zero-order valence-corrected chi connectivity index (χ0v) is 24.4. The highest BCUT2D eigenvalue weighted by Gasteiger charge is 2.33. The molecule has 0 spiro atoms. The van der Waals surface area contributed by atoms with Crippen LogP contribution in [0.15, 0.2) is 42.0 Å². The summed E-state index contributed by atoms with van der Waals surface area (Å²) >= 11 is 1.38. The number of hydrogen-bond donors (Lipinski definition) is 3. The lowest BCUT2D eigenvalue weighted by atomic mass is 9.91. The van der Waals surface area contributed by atoms with Gasteiger partial charge in [0.05, 0.1) is 16.0 Å². The third-order valence-electron chi connectivity index (χ3n) is 7.36. The van der Waals surface area contributed by atoms with Gasteiger partial charge in [0.25, 0.3) is 5.91 Å². The van der Waals surface area contributed by atoms with Crippen LogP contribution in [0.3, 0.4) is 0 Å². The second kappa shape index (κ2) is 13.2. The summed E-state index contributed by atoms with van der Waals surface area (Å²) in [6, 6.07) is 4.25. The number of thiophene rings is 1. The molecule has 1 saturated heterocycles. The second-order valence-electron chi connectivity index (χ2n) is 10.3. The molecule has 10 nitrogen and oxygen atoms in total. The molecule has 0 bridgehead atoms. The van der Waals surface area contributed by atoms with E-state index in [4.69, 9.17) is 0 Å². The van der Waals surface area contributed by atoms with Crippen molar-refractivity contribution in [2.45, 2.75) is 45.2 Å². The summed E-state index contributed by atoms with van der Waals surface area (Å²) in [5.41, 5.74) is 0.885. The number of nitrogens with one attached hydrogen (secondary N) is 3. The molecule has 1 aliphatic heterocycles. The molecule has 0 unspecified atom stereocenters. The minimum Gasteiger partial charge on any atom is -0.344 e. The van der Waals surface area contributed by atoms with Crippen LogP contribution in [0.25, 0.3) is 10.1 Å². The number of benzene rings is 1. The molecule has 4 amide bonds. The van der Waals surface area contributed by atoms with Crippen LogP contribution in [0.4, 0.5) is 10.1 Å². The van der Waals surface area contributed by atoms with Crippen LogP contribution in [0, 0.1) is 5.82 Å². The standard InChI is InChI=1S/C29H35FN6O4S/c1-5-25(37)34-26(29(40)36-12-10-35(4)11-13-36)17(2)19-6-7-23(22(30)14-19)33-27(38)18(3)32-28(39)21-16-41-24-15-31-9-8-20(21)24/h6-9,14-18,26H,5,10-13H2,1-4H3,(H,32,39)(H,33,38)(H,34,37)/t17-,18-,26+/m0/s1. The van der Waals surface area contributed by atoms with E-state index in [1.807, 2.05) is 7.05 Å². The molecule has 0 saturated carbocycles. The molecule has 2 aromatic heterocycles. The number of amides is 4. The summed E-state index contributed by atoms with van der Waals surface area (Å²) < 4.78 is 16.0. The van der Waals surface area contributed by atoms with Gasteiger partial charge in [-0.15, -0.1) is 11.3 Å². The highest BCUT2D eigenvalue weighted by atomic mass is 32.1. The van der Waals surface area contributed by atoms with Crippen molar-refractivity contribution < 1.29 is 23.6 Å².